The summed E-state index contributed by atoms with van der Waals surface area (Å²) in [6, 6.07) is 51.7. The van der Waals surface area contributed by atoms with Crippen molar-refractivity contribution in [3.05, 3.63) is 224 Å². The summed E-state index contributed by atoms with van der Waals surface area (Å²) in [6.07, 6.45) is 0. The molecule has 4 aromatic heterocycles. The van der Waals surface area contributed by atoms with E-state index >= 15 is 13.2 Å². The van der Waals surface area contributed by atoms with Crippen molar-refractivity contribution in [1.29, 1.82) is 0 Å². The third kappa shape index (κ3) is 21.5. The van der Waals surface area contributed by atoms with Crippen LogP contribution in [0.25, 0.3) is 101 Å². The van der Waals surface area contributed by atoms with E-state index in [0.29, 0.717) is 79.0 Å². The van der Waals surface area contributed by atoms with Gasteiger partial charge in [0.2, 0.25) is 0 Å². The predicted molar refractivity (Wildman–Crippen MR) is 559 cm³/mol. The first-order valence-corrected chi connectivity index (χ1v) is 49.6. The Morgan fingerprint density at radius 2 is 0.418 bits per heavy atom. The third-order valence-electron chi connectivity index (χ3n) is 26.1. The van der Waals surface area contributed by atoms with E-state index in [0.717, 1.165) is 66.8 Å². The monoisotopic (exact) mass is 1970 g/mol. The molecule has 10 aromatic carbocycles. The Morgan fingerprint density at radius 3 is 0.603 bits per heavy atom. The number of aromatic nitrogens is 11. The second kappa shape index (κ2) is 35.0. The molecule has 0 aliphatic carbocycles. The average Bonchev–Trinajstić information content (AvgIpc) is 1.58. The quantitative estimate of drug-likeness (QED) is 0.0978. The topological polar surface area (TPSA) is 226 Å². The number of halogens is 3. The minimum Gasteiger partial charge on any atom is -0.453 e. The van der Waals surface area contributed by atoms with Crippen LogP contribution in [0.4, 0.5) is 13.2 Å². The van der Waals surface area contributed by atoms with E-state index in [1.165, 1.54) is 12.1 Å². The van der Waals surface area contributed by atoms with Gasteiger partial charge in [-0.2, -0.15) is 21.6 Å². The summed E-state index contributed by atoms with van der Waals surface area (Å²) >= 11 is 0. The largest absolute Gasteiger partial charge is 2.00 e. The van der Waals surface area contributed by atoms with Crippen molar-refractivity contribution in [3.8, 4) is 115 Å². The van der Waals surface area contributed by atoms with Crippen LogP contribution in [0.3, 0.4) is 0 Å². The zero-order chi connectivity index (χ0) is 103. The van der Waals surface area contributed by atoms with Crippen molar-refractivity contribution in [2.45, 2.75) is 320 Å². The molecule has 0 amide bonds. The van der Waals surface area contributed by atoms with Crippen LogP contribution >= 0.6 is 0 Å². The molecule has 0 unspecified atom stereocenters. The maximum Gasteiger partial charge on any atom is 2.00 e. The van der Waals surface area contributed by atoms with Crippen molar-refractivity contribution in [3.63, 3.8) is 0 Å². The molecule has 0 fully saturated rings. The minimum atomic E-state index is -6.22. The van der Waals surface area contributed by atoms with Gasteiger partial charge in [-0.3, -0.25) is 0 Å². The molecule has 16 rings (SSSR count). The first-order chi connectivity index (χ1) is 64.1. The normalized spacial score (nSPS) is 13.5. The molecule has 19 nitrogen and oxygen atoms in total. The zero-order valence-electron chi connectivity index (χ0n) is 88.9. The molecule has 0 saturated heterocycles. The van der Waals surface area contributed by atoms with Gasteiger partial charge in [-0.15, -0.1) is 9.19 Å². The number of nitrogens with zero attached hydrogens (tertiary/aromatic N) is 11. The van der Waals surface area contributed by atoms with Gasteiger partial charge in [-0.05, 0) is 275 Å². The van der Waals surface area contributed by atoms with E-state index in [1.807, 2.05) is 66.7 Å². The molecule has 0 atom stereocenters. The number of alkyl halides is 3. The Morgan fingerprint density at radius 1 is 0.241 bits per heavy atom. The van der Waals surface area contributed by atoms with E-state index in [2.05, 4.69) is 332 Å². The Bertz CT molecular complexity index is 7500. The van der Waals surface area contributed by atoms with Gasteiger partial charge in [0.15, 0.2) is 34.5 Å². The van der Waals surface area contributed by atoms with E-state index in [-0.39, 0.29) is 174 Å². The van der Waals surface area contributed by atoms with Crippen LogP contribution in [0.2, 0.25) is 0 Å². The van der Waals surface area contributed by atoms with Crippen molar-refractivity contribution in [2.24, 2.45) is 0 Å². The van der Waals surface area contributed by atoms with Crippen LogP contribution in [-0.4, -0.2) is 58.2 Å². The summed E-state index contributed by atoms with van der Waals surface area (Å²) in [5, 5.41) is 8.84. The van der Waals surface area contributed by atoms with Crippen molar-refractivity contribution in [2.75, 3.05) is 0 Å². The first kappa shape index (κ1) is 103. The molecular weight excluding hydrogens is 1840 g/mol. The number of hydrogen-bond acceptors (Lipinski definition) is 16. The molecule has 734 valence electrons. The Balaban J connectivity index is 0.0000150. The molecule has 0 saturated carbocycles. The summed E-state index contributed by atoms with van der Waals surface area (Å²) in [5.41, 5.74) is 3.21. The third-order valence-corrected chi connectivity index (χ3v) is 27.5. The van der Waals surface area contributed by atoms with Crippen LogP contribution in [-0.2, 0) is 94.5 Å². The summed E-state index contributed by atoms with van der Waals surface area (Å²) in [5.74, 6) is 4.95. The molecule has 24 heteroatoms. The molecule has 0 N–H and O–H groups in total. The Hall–Kier alpha value is -11.9. The number of ether oxygens (including phenoxy) is 6. The zero-order valence-corrected chi connectivity index (χ0v) is 92.7. The van der Waals surface area contributed by atoms with Gasteiger partial charge >= 0.3 is 35.0 Å². The molecule has 0 radical (unpaired) electrons. The Kier molecular flexibility index (Phi) is 25.7. The van der Waals surface area contributed by atoms with E-state index in [9.17, 15) is 8.42 Å². The predicted octanol–water partition coefficient (Wildman–Crippen LogP) is 31.9. The molecular formula is C117H134F3N11O8SZn. The number of hydrogen-bond donors (Lipinski definition) is 0. The molecule has 2 aliphatic rings. The fourth-order valence-corrected chi connectivity index (χ4v) is 17.5. The van der Waals surface area contributed by atoms with E-state index in [4.69, 9.17) is 68.3 Å². The maximum atomic E-state index is 15.1. The van der Waals surface area contributed by atoms with Crippen molar-refractivity contribution in [1.82, 2.24) is 54.3 Å². The molecule has 141 heavy (non-hydrogen) atoms. The van der Waals surface area contributed by atoms with Gasteiger partial charge in [-0.1, -0.05) is 291 Å². The molecule has 2 aliphatic heterocycles. The molecule has 14 aromatic rings. The average molecular weight is 1980 g/mol. The van der Waals surface area contributed by atoms with Crippen LogP contribution < -0.4 is 38.4 Å². The van der Waals surface area contributed by atoms with Gasteiger partial charge in [0, 0.05) is 44.8 Å². The van der Waals surface area contributed by atoms with E-state index in [1.54, 1.807) is 6.07 Å². The number of benzene rings is 10. The SMILES string of the molecule is CC(C)(C)c1cc(Oc2cc3c(cc2Oc2cc(C(C)(C)C)cc(C(C)(C)C)c2)-c2nc-3nc3[n-]c(nc4nc(nc5[n-]c(n2)c2cc6nnn(S(=O)(=O)C(F)(F)F)c6cc52)-c2cc(Oc5cc(C(C)(C)C)cc(C(C)(C)C)c5)c(Oc5cc(C(C)(C)C)cc(C(C)(C)C)c5)cc2-4)c2cc(Oc4cc(C(C)(C)C)cc(C(C)(C)C)c4)c(Oc4cc(C(C)(C)C)cc(C(C)(C)C)c4)cc32)cc(C(C)(C)C)c1.[Zn+2]. The van der Waals surface area contributed by atoms with Gasteiger partial charge in [-0.25, -0.2) is 9.97 Å². The van der Waals surface area contributed by atoms with Gasteiger partial charge in [0.25, 0.3) is 0 Å². The maximum absolute atomic E-state index is 15.1. The Labute approximate surface area is 842 Å². The van der Waals surface area contributed by atoms with Crippen LogP contribution in [0.1, 0.15) is 316 Å². The second-order valence-corrected chi connectivity index (χ2v) is 52.1. The first-order valence-electron chi connectivity index (χ1n) is 48.2. The second-order valence-electron chi connectivity index (χ2n) is 50.4. The number of fused-ring (bicyclic) bond motifs is 21. The smallest absolute Gasteiger partial charge is 0.453 e. The van der Waals surface area contributed by atoms with Crippen molar-refractivity contribution < 1.29 is 69.5 Å². The molecule has 0 spiro atoms. The van der Waals surface area contributed by atoms with Gasteiger partial charge < -0.3 is 58.3 Å². The fraction of sp³-hybridized carbons (Fsp3) is 0.419. The van der Waals surface area contributed by atoms with Gasteiger partial charge in [0.1, 0.15) is 45.5 Å². The summed E-state index contributed by atoms with van der Waals surface area (Å²) in [6.45, 7) is 78.1. The summed E-state index contributed by atoms with van der Waals surface area (Å²) in [4.78, 5) is 44.2. The molecule has 6 heterocycles. The minimum absolute atomic E-state index is 0. The van der Waals surface area contributed by atoms with E-state index < -0.39 is 21.0 Å². The number of rotatable bonds is 13. The van der Waals surface area contributed by atoms with Crippen LogP contribution in [0.5, 0.6) is 69.0 Å². The van der Waals surface area contributed by atoms with Crippen LogP contribution in [0.15, 0.2) is 158 Å². The summed E-state index contributed by atoms with van der Waals surface area (Å²) in [7, 11) is -6.22. The van der Waals surface area contributed by atoms with Crippen LogP contribution in [0, 0.1) is 0 Å². The standard InChI is InChI=1S/C117H134F3N11O8S.Zn/c1-105(2,3)63-37-64(106(4,5)6)44-75(43-63)134-91-57-83-85(59-93(91)136-77-47-67(109(13,14)15)39-68(48-77)110(16,17)18)101-124-99(83)122-97-81-55-89-90(131(130-129-89)140(132,133)117(118,119)120)56-82(81)98(121-97)123-100-84-58-92(135-76-45-65(107(7,8)9)38-66(46-76)108(10,11)12)94(137-78-49-69(111(19,20)21)40-70(50-78)112(22,23)24)60-86(84)102(125-100)127-104-88-62-96(139-80-53-73(115(31,32)33)42-74(54-80)116(34,35)36)95(61-87(88)103(126-101)128-104)138-79-51-71(113(25,26)27)41-72(52-79)114(28,29)30;/h37-62H,1-36H3;/q-2;+2. The van der Waals surface area contributed by atoms with Crippen molar-refractivity contribution >= 4 is 65.2 Å². The van der Waals surface area contributed by atoms with Gasteiger partial charge in [0.05, 0.1) is 23.3 Å². The fourth-order valence-electron chi connectivity index (χ4n) is 16.7. The molecule has 8 bridgehead atoms. The summed E-state index contributed by atoms with van der Waals surface area (Å²) < 4.78 is 117.